The lowest BCUT2D eigenvalue weighted by molar-refractivity contribution is 0.322. The van der Waals surface area contributed by atoms with Crippen LogP contribution in [0.3, 0.4) is 0 Å². The van der Waals surface area contributed by atoms with Crippen LogP contribution in [0.4, 0.5) is 4.39 Å². The number of hydrogen-bond acceptors (Lipinski definition) is 2. The second-order valence-electron chi connectivity index (χ2n) is 2.60. The Morgan fingerprint density at radius 3 is 2.85 bits per heavy atom. The van der Waals surface area contributed by atoms with Crippen LogP contribution in [0.15, 0.2) is 17.0 Å². The first-order valence-corrected chi connectivity index (χ1v) is 5.21. The number of benzene rings is 1. The van der Waals surface area contributed by atoms with Crippen molar-refractivity contribution in [3.05, 3.63) is 28.5 Å². The molecule has 0 aromatic heterocycles. The highest BCUT2D eigenvalue weighted by Gasteiger charge is 2.05. The van der Waals surface area contributed by atoms with Crippen LogP contribution in [0.25, 0.3) is 0 Å². The van der Waals surface area contributed by atoms with Crippen molar-refractivity contribution in [3.8, 4) is 0 Å². The molecule has 0 radical (unpaired) electrons. The van der Waals surface area contributed by atoms with Crippen LogP contribution >= 0.6 is 23.4 Å². The lowest BCUT2D eigenvalue weighted by Gasteiger charge is -2.04. The molecule has 0 saturated heterocycles. The summed E-state index contributed by atoms with van der Waals surface area (Å²) in [7, 11) is 0. The van der Waals surface area contributed by atoms with E-state index in [1.165, 1.54) is 17.8 Å². The van der Waals surface area contributed by atoms with Crippen molar-refractivity contribution in [1.29, 1.82) is 0 Å². The van der Waals surface area contributed by atoms with E-state index < -0.39 is 0 Å². The van der Waals surface area contributed by atoms with E-state index >= 15 is 0 Å². The van der Waals surface area contributed by atoms with Gasteiger partial charge in [-0.15, -0.1) is 11.8 Å². The van der Waals surface area contributed by atoms with Crippen LogP contribution in [0.5, 0.6) is 0 Å². The summed E-state index contributed by atoms with van der Waals surface area (Å²) in [4.78, 5) is 0.679. The van der Waals surface area contributed by atoms with E-state index in [9.17, 15) is 4.39 Å². The first-order chi connectivity index (χ1) is 6.15. The average Bonchev–Trinajstić information content (AvgIpc) is 2.09. The maximum Gasteiger partial charge on any atom is 0.127 e. The summed E-state index contributed by atoms with van der Waals surface area (Å²) >= 11 is 7.22. The highest BCUT2D eigenvalue weighted by atomic mass is 35.5. The molecule has 0 atom stereocenters. The second-order valence-corrected chi connectivity index (χ2v) is 4.15. The van der Waals surface area contributed by atoms with Crippen molar-refractivity contribution in [3.63, 3.8) is 0 Å². The smallest absolute Gasteiger partial charge is 0.127 e. The van der Waals surface area contributed by atoms with Gasteiger partial charge in [0, 0.05) is 10.6 Å². The average molecular weight is 221 g/mol. The van der Waals surface area contributed by atoms with Gasteiger partial charge < -0.3 is 5.11 Å². The van der Waals surface area contributed by atoms with E-state index in [-0.39, 0.29) is 12.4 Å². The first kappa shape index (κ1) is 10.8. The molecule has 0 fully saturated rings. The van der Waals surface area contributed by atoms with Gasteiger partial charge in [-0.1, -0.05) is 11.6 Å². The second kappa shape index (κ2) is 4.84. The molecule has 0 aliphatic heterocycles. The summed E-state index contributed by atoms with van der Waals surface area (Å²) in [6.07, 6.45) is 0. The van der Waals surface area contributed by atoms with Gasteiger partial charge in [0.25, 0.3) is 0 Å². The van der Waals surface area contributed by atoms with Crippen molar-refractivity contribution >= 4 is 23.4 Å². The lowest BCUT2D eigenvalue weighted by Crippen LogP contribution is -1.89. The third-order valence-corrected chi connectivity index (χ3v) is 3.02. The zero-order valence-electron chi connectivity index (χ0n) is 7.18. The molecule has 4 heteroatoms. The van der Waals surface area contributed by atoms with Crippen molar-refractivity contribution in [2.45, 2.75) is 11.8 Å². The molecule has 1 nitrogen and oxygen atoms in total. The number of aliphatic hydroxyl groups excluding tert-OH is 1. The van der Waals surface area contributed by atoms with Gasteiger partial charge >= 0.3 is 0 Å². The van der Waals surface area contributed by atoms with E-state index in [0.29, 0.717) is 21.2 Å². The predicted octanol–water partition coefficient (Wildman–Crippen LogP) is 2.87. The molecule has 13 heavy (non-hydrogen) atoms. The van der Waals surface area contributed by atoms with E-state index in [4.69, 9.17) is 16.7 Å². The monoisotopic (exact) mass is 220 g/mol. The van der Waals surface area contributed by atoms with Gasteiger partial charge in [0.15, 0.2) is 0 Å². The molecule has 0 aliphatic carbocycles. The molecule has 1 aromatic carbocycles. The summed E-state index contributed by atoms with van der Waals surface area (Å²) in [5.74, 6) is 0.271. The highest BCUT2D eigenvalue weighted by Crippen LogP contribution is 2.29. The van der Waals surface area contributed by atoms with Crippen molar-refractivity contribution < 1.29 is 9.50 Å². The van der Waals surface area contributed by atoms with E-state index in [0.717, 1.165) is 0 Å². The van der Waals surface area contributed by atoms with Gasteiger partial charge in [0.05, 0.1) is 11.6 Å². The molecule has 1 rings (SSSR count). The molecular weight excluding hydrogens is 211 g/mol. The fraction of sp³-hybridized carbons (Fsp3) is 0.333. The van der Waals surface area contributed by atoms with E-state index in [1.54, 1.807) is 13.0 Å². The molecule has 1 N–H and O–H groups in total. The fourth-order valence-electron chi connectivity index (χ4n) is 0.894. The summed E-state index contributed by atoms with van der Waals surface area (Å²) in [6, 6.07) is 2.99. The minimum Gasteiger partial charge on any atom is -0.396 e. The Hall–Kier alpha value is -0.250. The largest absolute Gasteiger partial charge is 0.396 e. The number of hydrogen-bond donors (Lipinski definition) is 1. The summed E-state index contributed by atoms with van der Waals surface area (Å²) in [6.45, 7) is 1.73. The zero-order chi connectivity index (χ0) is 9.84. The Balaban J connectivity index is 2.88. The predicted molar refractivity (Wildman–Crippen MR) is 54.0 cm³/mol. The SMILES string of the molecule is Cc1cc(Cl)c(SCCO)cc1F. The Labute approximate surface area is 85.9 Å². The molecule has 0 spiro atoms. The maximum absolute atomic E-state index is 13.1. The van der Waals surface area contributed by atoms with Gasteiger partial charge in [0.2, 0.25) is 0 Å². The number of thioether (sulfide) groups is 1. The molecule has 1 aromatic rings. The summed E-state index contributed by atoms with van der Waals surface area (Å²) < 4.78 is 13.1. The van der Waals surface area contributed by atoms with Crippen LogP contribution in [0.1, 0.15) is 5.56 Å². The third-order valence-electron chi connectivity index (χ3n) is 1.56. The Kier molecular flexibility index (Phi) is 4.03. The van der Waals surface area contributed by atoms with Crippen LogP contribution in [0.2, 0.25) is 5.02 Å². The topological polar surface area (TPSA) is 20.2 Å². The number of rotatable bonds is 3. The molecule has 0 bridgehead atoms. The molecular formula is C9H10ClFOS. The molecule has 0 unspecified atom stereocenters. The third kappa shape index (κ3) is 2.86. The van der Waals surface area contributed by atoms with Crippen molar-refractivity contribution in [1.82, 2.24) is 0 Å². The normalized spacial score (nSPS) is 10.5. The molecule has 0 aliphatic rings. The van der Waals surface area contributed by atoms with Crippen LogP contribution in [-0.4, -0.2) is 17.5 Å². The van der Waals surface area contributed by atoms with E-state index in [2.05, 4.69) is 0 Å². The highest BCUT2D eigenvalue weighted by molar-refractivity contribution is 7.99. The maximum atomic E-state index is 13.1. The zero-order valence-corrected chi connectivity index (χ0v) is 8.75. The Morgan fingerprint density at radius 1 is 1.54 bits per heavy atom. The van der Waals surface area contributed by atoms with Crippen LogP contribution in [0, 0.1) is 12.7 Å². The molecule has 0 saturated carbocycles. The quantitative estimate of drug-likeness (QED) is 0.791. The van der Waals surface area contributed by atoms with Crippen molar-refractivity contribution in [2.75, 3.05) is 12.4 Å². The van der Waals surface area contributed by atoms with Gasteiger partial charge in [0.1, 0.15) is 5.82 Å². The lowest BCUT2D eigenvalue weighted by atomic mass is 10.2. The van der Waals surface area contributed by atoms with Gasteiger partial charge in [-0.2, -0.15) is 0 Å². The minimum absolute atomic E-state index is 0.0660. The number of aliphatic hydroxyl groups is 1. The van der Waals surface area contributed by atoms with Crippen LogP contribution in [-0.2, 0) is 0 Å². The fourth-order valence-corrected chi connectivity index (χ4v) is 1.97. The van der Waals surface area contributed by atoms with Gasteiger partial charge in [-0.3, -0.25) is 0 Å². The summed E-state index contributed by atoms with van der Waals surface area (Å²) in [5, 5.41) is 9.12. The number of halogens is 2. The Bertz CT molecular complexity index is 304. The minimum atomic E-state index is -0.259. The van der Waals surface area contributed by atoms with E-state index in [1.807, 2.05) is 0 Å². The molecule has 72 valence electrons. The first-order valence-electron chi connectivity index (χ1n) is 3.84. The Morgan fingerprint density at radius 2 is 2.23 bits per heavy atom. The van der Waals surface area contributed by atoms with Crippen molar-refractivity contribution in [2.24, 2.45) is 0 Å². The van der Waals surface area contributed by atoms with Crippen LogP contribution < -0.4 is 0 Å². The molecule has 0 heterocycles. The molecule has 0 amide bonds. The van der Waals surface area contributed by atoms with Gasteiger partial charge in [-0.25, -0.2) is 4.39 Å². The summed E-state index contributed by atoms with van der Waals surface area (Å²) in [5.41, 5.74) is 0.540. The van der Waals surface area contributed by atoms with Gasteiger partial charge in [-0.05, 0) is 24.6 Å². The standard InChI is InChI=1S/C9H10ClFOS/c1-6-4-7(10)9(5-8(6)11)13-3-2-12/h4-5,12H,2-3H2,1H3. The number of aryl methyl sites for hydroxylation is 1.